The van der Waals surface area contributed by atoms with Crippen LogP contribution in [0.2, 0.25) is 5.15 Å². The first kappa shape index (κ1) is 13.1. The Bertz CT molecular complexity index is 602. The number of phenols is 1. The minimum atomic E-state index is -0.450. The van der Waals surface area contributed by atoms with E-state index in [1.807, 2.05) is 0 Å². The molecule has 0 unspecified atom stereocenters. The Hall–Kier alpha value is -2.34. The Balaban J connectivity index is 2.14. The fourth-order valence-corrected chi connectivity index (χ4v) is 1.50. The number of nitrogens with zero attached hydrogens (tertiary/aromatic N) is 2. The van der Waals surface area contributed by atoms with Crippen molar-refractivity contribution in [3.63, 3.8) is 0 Å². The van der Waals surface area contributed by atoms with E-state index in [0.717, 1.165) is 0 Å². The Morgan fingerprint density at radius 3 is 2.68 bits per heavy atom. The summed E-state index contributed by atoms with van der Waals surface area (Å²) in [6.07, 6.45) is 0. The van der Waals surface area contributed by atoms with Gasteiger partial charge in [-0.05, 0) is 24.3 Å². The topological polar surface area (TPSA) is 84.3 Å². The average Bonchev–Trinajstić information content (AvgIpc) is 2.39. The normalized spacial score (nSPS) is 10.0. The number of carbonyl (C=O) groups is 1. The number of aromatic nitrogens is 2. The third-order valence-corrected chi connectivity index (χ3v) is 2.50. The lowest BCUT2D eigenvalue weighted by atomic mass is 10.2. The van der Waals surface area contributed by atoms with Crippen LogP contribution >= 0.6 is 11.6 Å². The molecule has 7 heteroatoms. The van der Waals surface area contributed by atoms with Gasteiger partial charge in [0.15, 0.2) is 22.3 Å². The molecule has 0 aliphatic carbocycles. The maximum absolute atomic E-state index is 11.8. The van der Waals surface area contributed by atoms with E-state index >= 15 is 0 Å². The van der Waals surface area contributed by atoms with Gasteiger partial charge in [0.1, 0.15) is 0 Å². The number of hydrogen-bond donors (Lipinski definition) is 2. The van der Waals surface area contributed by atoms with Gasteiger partial charge in [-0.15, -0.1) is 10.2 Å². The molecule has 0 saturated carbocycles. The largest absolute Gasteiger partial charge is 0.504 e. The van der Waals surface area contributed by atoms with Crippen molar-refractivity contribution >= 4 is 23.2 Å². The zero-order valence-electron chi connectivity index (χ0n) is 9.92. The smallest absolute Gasteiger partial charge is 0.276 e. The van der Waals surface area contributed by atoms with E-state index in [0.29, 0.717) is 11.4 Å². The number of benzene rings is 1. The number of carbonyl (C=O) groups excluding carboxylic acids is 1. The molecule has 0 radical (unpaired) electrons. The summed E-state index contributed by atoms with van der Waals surface area (Å²) in [5, 5.41) is 19.6. The minimum absolute atomic E-state index is 0.0671. The number of nitrogens with one attached hydrogen (secondary N) is 1. The molecule has 6 nitrogen and oxygen atoms in total. The van der Waals surface area contributed by atoms with Crippen LogP contribution in [0.3, 0.4) is 0 Å². The molecule has 0 spiro atoms. The predicted octanol–water partition coefficient (Wildman–Crippen LogP) is 2.10. The van der Waals surface area contributed by atoms with Crippen LogP contribution in [0, 0.1) is 0 Å². The van der Waals surface area contributed by atoms with E-state index in [-0.39, 0.29) is 16.6 Å². The molecule has 2 rings (SSSR count). The molecule has 1 heterocycles. The zero-order valence-corrected chi connectivity index (χ0v) is 10.7. The van der Waals surface area contributed by atoms with Crippen molar-refractivity contribution in [2.75, 3.05) is 12.4 Å². The summed E-state index contributed by atoms with van der Waals surface area (Å²) < 4.78 is 4.90. The van der Waals surface area contributed by atoms with Crippen LogP contribution in [0.15, 0.2) is 30.3 Å². The van der Waals surface area contributed by atoms with Crippen molar-refractivity contribution < 1.29 is 14.6 Å². The van der Waals surface area contributed by atoms with Crippen LogP contribution in [0.25, 0.3) is 0 Å². The van der Waals surface area contributed by atoms with Crippen LogP contribution in [0.1, 0.15) is 10.5 Å². The van der Waals surface area contributed by atoms with Crippen LogP contribution in [-0.4, -0.2) is 28.3 Å². The summed E-state index contributed by atoms with van der Waals surface area (Å²) >= 11 is 5.58. The standard InChI is InChI=1S/C12H10ClN3O3/c1-19-10-4-2-7(6-9(10)17)14-12(18)8-3-5-11(13)16-15-8/h2-6,17H,1H3,(H,14,18). The maximum Gasteiger partial charge on any atom is 0.276 e. The van der Waals surface area contributed by atoms with Gasteiger partial charge in [-0.3, -0.25) is 4.79 Å². The van der Waals surface area contributed by atoms with Gasteiger partial charge >= 0.3 is 0 Å². The maximum atomic E-state index is 11.8. The molecule has 19 heavy (non-hydrogen) atoms. The SMILES string of the molecule is COc1ccc(NC(=O)c2ccc(Cl)nn2)cc1O. The van der Waals surface area contributed by atoms with Gasteiger partial charge in [0.2, 0.25) is 0 Å². The van der Waals surface area contributed by atoms with Gasteiger partial charge in [-0.2, -0.15) is 0 Å². The first-order valence-electron chi connectivity index (χ1n) is 5.28. The Morgan fingerprint density at radius 2 is 2.11 bits per heavy atom. The van der Waals surface area contributed by atoms with E-state index in [9.17, 15) is 9.90 Å². The molecule has 1 aromatic heterocycles. The van der Waals surface area contributed by atoms with E-state index < -0.39 is 5.91 Å². The molecular formula is C12H10ClN3O3. The lowest BCUT2D eigenvalue weighted by Gasteiger charge is -2.07. The highest BCUT2D eigenvalue weighted by atomic mass is 35.5. The van der Waals surface area contributed by atoms with Gasteiger partial charge in [0.05, 0.1) is 7.11 Å². The number of anilines is 1. The van der Waals surface area contributed by atoms with Gasteiger partial charge in [-0.1, -0.05) is 11.6 Å². The van der Waals surface area contributed by atoms with Crippen LogP contribution in [-0.2, 0) is 0 Å². The summed E-state index contributed by atoms with van der Waals surface area (Å²) in [7, 11) is 1.44. The fourth-order valence-electron chi connectivity index (χ4n) is 1.40. The molecule has 0 fully saturated rings. The number of ether oxygens (including phenoxy) is 1. The monoisotopic (exact) mass is 279 g/mol. The average molecular weight is 280 g/mol. The lowest BCUT2D eigenvalue weighted by Crippen LogP contribution is -2.14. The molecule has 1 amide bonds. The second-order valence-corrected chi connectivity index (χ2v) is 3.97. The molecule has 2 aromatic rings. The molecule has 1 aromatic carbocycles. The number of phenolic OH excluding ortho intramolecular Hbond substituents is 1. The zero-order chi connectivity index (χ0) is 13.8. The van der Waals surface area contributed by atoms with Crippen molar-refractivity contribution in [3.05, 3.63) is 41.2 Å². The van der Waals surface area contributed by atoms with E-state index in [2.05, 4.69) is 15.5 Å². The molecular weight excluding hydrogens is 270 g/mol. The van der Waals surface area contributed by atoms with Crippen molar-refractivity contribution in [3.8, 4) is 11.5 Å². The quantitative estimate of drug-likeness (QED) is 0.899. The fraction of sp³-hybridized carbons (Fsp3) is 0.0833. The lowest BCUT2D eigenvalue weighted by molar-refractivity contribution is 0.102. The highest BCUT2D eigenvalue weighted by Gasteiger charge is 2.10. The summed E-state index contributed by atoms with van der Waals surface area (Å²) in [6, 6.07) is 7.43. The summed E-state index contributed by atoms with van der Waals surface area (Å²) in [5.41, 5.74) is 0.541. The molecule has 0 aliphatic heterocycles. The minimum Gasteiger partial charge on any atom is -0.504 e. The van der Waals surface area contributed by atoms with Crippen LogP contribution in [0.4, 0.5) is 5.69 Å². The Labute approximate surface area is 114 Å². The summed E-state index contributed by atoms with van der Waals surface area (Å²) in [4.78, 5) is 11.8. The highest BCUT2D eigenvalue weighted by molar-refractivity contribution is 6.29. The molecule has 0 bridgehead atoms. The van der Waals surface area contributed by atoms with Gasteiger partial charge in [0.25, 0.3) is 5.91 Å². The number of rotatable bonds is 3. The van der Waals surface area contributed by atoms with Gasteiger partial charge in [-0.25, -0.2) is 0 Å². The Morgan fingerprint density at radius 1 is 1.32 bits per heavy atom. The third-order valence-electron chi connectivity index (χ3n) is 2.30. The third kappa shape index (κ3) is 3.11. The predicted molar refractivity (Wildman–Crippen MR) is 69.7 cm³/mol. The molecule has 2 N–H and O–H groups in total. The number of amides is 1. The van der Waals surface area contributed by atoms with E-state index in [4.69, 9.17) is 16.3 Å². The van der Waals surface area contributed by atoms with Crippen molar-refractivity contribution in [2.45, 2.75) is 0 Å². The van der Waals surface area contributed by atoms with Crippen LogP contribution in [0.5, 0.6) is 11.5 Å². The highest BCUT2D eigenvalue weighted by Crippen LogP contribution is 2.28. The molecule has 0 saturated heterocycles. The van der Waals surface area contributed by atoms with Gasteiger partial charge in [0, 0.05) is 11.8 Å². The molecule has 98 valence electrons. The van der Waals surface area contributed by atoms with E-state index in [1.54, 1.807) is 12.1 Å². The van der Waals surface area contributed by atoms with Crippen molar-refractivity contribution in [2.24, 2.45) is 0 Å². The number of halogens is 1. The second-order valence-electron chi connectivity index (χ2n) is 3.58. The van der Waals surface area contributed by atoms with Crippen LogP contribution < -0.4 is 10.1 Å². The number of aromatic hydroxyl groups is 1. The summed E-state index contributed by atoms with van der Waals surface area (Å²) in [5.74, 6) is -0.194. The first-order valence-corrected chi connectivity index (χ1v) is 5.65. The van der Waals surface area contributed by atoms with E-state index in [1.165, 1.54) is 25.3 Å². The first-order chi connectivity index (χ1) is 9.10. The molecule has 0 aliphatic rings. The number of hydrogen-bond acceptors (Lipinski definition) is 5. The second kappa shape index (κ2) is 5.53. The van der Waals surface area contributed by atoms with Crippen molar-refractivity contribution in [1.82, 2.24) is 10.2 Å². The van der Waals surface area contributed by atoms with Crippen molar-refractivity contribution in [1.29, 1.82) is 0 Å². The Kier molecular flexibility index (Phi) is 3.82. The number of methoxy groups -OCH3 is 1. The summed E-state index contributed by atoms with van der Waals surface area (Å²) in [6.45, 7) is 0. The molecule has 0 atom stereocenters. The van der Waals surface area contributed by atoms with Gasteiger partial charge < -0.3 is 15.2 Å².